The predicted octanol–water partition coefficient (Wildman–Crippen LogP) is 3.60. The summed E-state index contributed by atoms with van der Waals surface area (Å²) in [6.45, 7) is 6.14. The normalized spacial score (nSPS) is 38.4. The summed E-state index contributed by atoms with van der Waals surface area (Å²) >= 11 is 0. The first-order valence-electron chi connectivity index (χ1n) is 14.5. The van der Waals surface area contributed by atoms with Crippen LogP contribution in [0.2, 0.25) is 0 Å². The smallest absolute Gasteiger partial charge is 0.294 e. The molecule has 11 heteroatoms. The van der Waals surface area contributed by atoms with E-state index in [4.69, 9.17) is 24.8 Å². The van der Waals surface area contributed by atoms with Gasteiger partial charge in [-0.3, -0.25) is 9.35 Å². The number of nitrogens with two attached hydrogens (primary N) is 1. The van der Waals surface area contributed by atoms with Crippen molar-refractivity contribution in [3.8, 4) is 0 Å². The van der Waals surface area contributed by atoms with Gasteiger partial charge in [-0.1, -0.05) is 17.7 Å². The zero-order valence-electron chi connectivity index (χ0n) is 23.7. The zero-order chi connectivity index (χ0) is 29.0. The van der Waals surface area contributed by atoms with Crippen LogP contribution in [0.15, 0.2) is 29.2 Å². The molecule has 0 aromatic heterocycles. The van der Waals surface area contributed by atoms with E-state index in [0.29, 0.717) is 24.8 Å². The van der Waals surface area contributed by atoms with Crippen molar-refractivity contribution in [2.45, 2.75) is 113 Å². The molecule has 7 rings (SSSR count). The Morgan fingerprint density at radius 2 is 1.68 bits per heavy atom. The number of amides is 1. The van der Waals surface area contributed by atoms with Gasteiger partial charge in [0.2, 0.25) is 17.5 Å². The number of aliphatic hydroxyl groups is 1. The van der Waals surface area contributed by atoms with Crippen LogP contribution in [0.4, 0.5) is 0 Å². The molecule has 224 valence electrons. The van der Waals surface area contributed by atoms with Crippen LogP contribution in [0.1, 0.15) is 83.6 Å². The second kappa shape index (κ2) is 10.6. The van der Waals surface area contributed by atoms with Crippen molar-refractivity contribution >= 4 is 16.0 Å². The van der Waals surface area contributed by atoms with Crippen LogP contribution in [-0.2, 0) is 29.4 Å². The molecule has 5 saturated carbocycles. The Morgan fingerprint density at radius 1 is 1.07 bits per heavy atom. The quantitative estimate of drug-likeness (QED) is 0.302. The van der Waals surface area contributed by atoms with Crippen LogP contribution in [-0.4, -0.2) is 53.2 Å². The summed E-state index contributed by atoms with van der Waals surface area (Å²) < 4.78 is 36.2. The number of hydrogen-bond acceptors (Lipinski definition) is 8. The molecule has 5 aliphatic carbocycles. The standard InChI is InChI=1S/C22H36N2O5.C7H8O3S/c1-19(2,23)13-24-18(25)9-14-3-5-21(6-4-14)27-22(29-28-21)16-7-15-8-17(22)12-20(26,10-15)11-16;1-6-2-4-7(5-3-6)11(8,9)10/h14-17,26H,3-13,23H2,1-2H3,(H,24,25);2-5H,1H3,(H,8,9,10). The van der Waals surface area contributed by atoms with E-state index in [1.54, 1.807) is 12.1 Å². The van der Waals surface area contributed by atoms with Gasteiger partial charge in [0.25, 0.3) is 10.1 Å². The highest BCUT2D eigenvalue weighted by molar-refractivity contribution is 7.85. The zero-order valence-corrected chi connectivity index (χ0v) is 24.5. The lowest BCUT2D eigenvalue weighted by molar-refractivity contribution is -0.397. The highest BCUT2D eigenvalue weighted by Crippen LogP contribution is 2.65. The van der Waals surface area contributed by atoms with Crippen molar-refractivity contribution in [1.29, 1.82) is 0 Å². The minimum Gasteiger partial charge on any atom is -0.390 e. The van der Waals surface area contributed by atoms with Gasteiger partial charge in [0, 0.05) is 43.2 Å². The third-order valence-corrected chi connectivity index (χ3v) is 10.2. The molecule has 10 nitrogen and oxygen atoms in total. The summed E-state index contributed by atoms with van der Waals surface area (Å²) in [4.78, 5) is 24.1. The summed E-state index contributed by atoms with van der Waals surface area (Å²) in [7, 11) is -4.02. The van der Waals surface area contributed by atoms with E-state index >= 15 is 0 Å². The topological polar surface area (TPSA) is 157 Å². The second-order valence-electron chi connectivity index (χ2n) is 13.7. The Hall–Kier alpha value is -1.60. The fourth-order valence-corrected chi connectivity index (χ4v) is 8.01. The average molecular weight is 581 g/mol. The van der Waals surface area contributed by atoms with Gasteiger partial charge in [-0.15, -0.1) is 0 Å². The number of benzene rings is 1. The first-order chi connectivity index (χ1) is 18.6. The summed E-state index contributed by atoms with van der Waals surface area (Å²) in [6.07, 6.45) is 8.41. The van der Waals surface area contributed by atoms with E-state index in [-0.39, 0.29) is 22.6 Å². The average Bonchev–Trinajstić information content (AvgIpc) is 3.22. The maximum atomic E-state index is 12.2. The number of hydrogen-bond donors (Lipinski definition) is 4. The van der Waals surface area contributed by atoms with Gasteiger partial charge in [-0.2, -0.15) is 18.2 Å². The fraction of sp³-hybridized carbons (Fsp3) is 0.759. The maximum Gasteiger partial charge on any atom is 0.294 e. The third-order valence-electron chi connectivity index (χ3n) is 9.37. The van der Waals surface area contributed by atoms with Gasteiger partial charge in [0.1, 0.15) is 0 Å². The van der Waals surface area contributed by atoms with E-state index in [1.165, 1.54) is 12.1 Å². The number of ether oxygens (including phenoxy) is 1. The molecule has 1 aliphatic heterocycles. The summed E-state index contributed by atoms with van der Waals surface area (Å²) in [6, 6.07) is 5.99. The van der Waals surface area contributed by atoms with E-state index in [9.17, 15) is 18.3 Å². The van der Waals surface area contributed by atoms with Crippen molar-refractivity contribution in [1.82, 2.24) is 5.32 Å². The maximum absolute atomic E-state index is 12.2. The van der Waals surface area contributed by atoms with E-state index < -0.39 is 32.8 Å². The minimum absolute atomic E-state index is 0.0666. The Bertz CT molecular complexity index is 1170. The van der Waals surface area contributed by atoms with E-state index in [2.05, 4.69) is 5.32 Å². The van der Waals surface area contributed by atoms with Gasteiger partial charge in [0.05, 0.1) is 10.5 Å². The van der Waals surface area contributed by atoms with Crippen LogP contribution in [0, 0.1) is 30.6 Å². The minimum atomic E-state index is -4.02. The van der Waals surface area contributed by atoms with E-state index in [0.717, 1.165) is 63.4 Å². The van der Waals surface area contributed by atoms with Gasteiger partial charge < -0.3 is 20.9 Å². The van der Waals surface area contributed by atoms with Crippen LogP contribution in [0.25, 0.3) is 0 Å². The Morgan fingerprint density at radius 3 is 2.20 bits per heavy atom. The summed E-state index contributed by atoms with van der Waals surface area (Å²) in [5, 5.41) is 13.8. The fourth-order valence-electron chi connectivity index (χ4n) is 7.53. The Labute approximate surface area is 237 Å². The number of aryl methyl sites for hydroxylation is 1. The molecule has 1 saturated heterocycles. The molecule has 2 spiro atoms. The van der Waals surface area contributed by atoms with Gasteiger partial charge >= 0.3 is 0 Å². The first-order valence-corrected chi connectivity index (χ1v) is 15.9. The molecule has 4 bridgehead atoms. The first kappa shape index (κ1) is 29.9. The van der Waals surface area contributed by atoms with Crippen molar-refractivity contribution in [2.24, 2.45) is 29.4 Å². The monoisotopic (exact) mass is 580 g/mol. The van der Waals surface area contributed by atoms with Gasteiger partial charge in [-0.25, -0.2) is 0 Å². The van der Waals surface area contributed by atoms with Crippen LogP contribution in [0.3, 0.4) is 0 Å². The molecule has 2 unspecified atom stereocenters. The lowest BCUT2D eigenvalue weighted by Gasteiger charge is -2.60. The Balaban J connectivity index is 0.000000248. The molecule has 6 aliphatic rings. The van der Waals surface area contributed by atoms with Crippen LogP contribution in [0.5, 0.6) is 0 Å². The molecule has 5 N–H and O–H groups in total. The predicted molar refractivity (Wildman–Crippen MR) is 146 cm³/mol. The molecule has 1 amide bonds. The third kappa shape index (κ3) is 6.40. The second-order valence-corrected chi connectivity index (χ2v) is 15.1. The molecule has 40 heavy (non-hydrogen) atoms. The molecule has 1 aromatic carbocycles. The van der Waals surface area contributed by atoms with Gasteiger partial charge in [0.15, 0.2) is 0 Å². The molecular weight excluding hydrogens is 536 g/mol. The number of rotatable bonds is 5. The summed E-state index contributed by atoms with van der Waals surface area (Å²) in [5.74, 6) is 0.107. The molecular formula is C29H44N2O8S. The molecule has 1 aromatic rings. The SMILES string of the molecule is CC(C)(N)CNC(=O)CC1CCC2(CC1)OOC1(O2)C2CC3CC1CC(O)(C3)C2.Cc1ccc(S(=O)(=O)O)cc1. The Kier molecular flexibility index (Phi) is 7.91. The van der Waals surface area contributed by atoms with Gasteiger partial charge in [-0.05, 0) is 89.7 Å². The van der Waals surface area contributed by atoms with Crippen LogP contribution < -0.4 is 11.1 Å². The molecule has 6 fully saturated rings. The van der Waals surface area contributed by atoms with E-state index in [1.807, 2.05) is 20.8 Å². The van der Waals surface area contributed by atoms with Crippen molar-refractivity contribution in [2.75, 3.05) is 6.54 Å². The van der Waals surface area contributed by atoms with Crippen molar-refractivity contribution in [3.63, 3.8) is 0 Å². The molecule has 0 radical (unpaired) electrons. The van der Waals surface area contributed by atoms with Crippen LogP contribution >= 0.6 is 0 Å². The number of nitrogens with one attached hydrogen (secondary N) is 1. The molecule has 2 atom stereocenters. The highest BCUT2D eigenvalue weighted by Gasteiger charge is 2.69. The van der Waals surface area contributed by atoms with Crippen molar-refractivity contribution in [3.05, 3.63) is 29.8 Å². The summed E-state index contributed by atoms with van der Waals surface area (Å²) in [5.41, 5.74) is 5.99. The highest BCUT2D eigenvalue weighted by atomic mass is 32.2. The molecule has 1 heterocycles. The van der Waals surface area contributed by atoms with Crippen molar-refractivity contribution < 1.29 is 37.4 Å². The lowest BCUT2D eigenvalue weighted by atomic mass is 9.51. The largest absolute Gasteiger partial charge is 0.390 e. The number of carbonyl (C=O) groups is 1. The number of carbonyl (C=O) groups excluding carboxylic acids is 1. The lowest BCUT2D eigenvalue weighted by Crippen LogP contribution is -2.64.